The molecule has 38 heavy (non-hydrogen) atoms. The summed E-state index contributed by atoms with van der Waals surface area (Å²) >= 11 is 0. The van der Waals surface area contributed by atoms with Crippen LogP contribution in [0.15, 0.2) is 11.8 Å². The first-order valence-electron chi connectivity index (χ1n) is 14.6. The molecule has 5 rings (SSSR count). The number of hydrogen-bond acceptors (Lipinski definition) is 4. The Morgan fingerprint density at radius 2 is 1.63 bits per heavy atom. The Morgan fingerprint density at radius 1 is 0.974 bits per heavy atom. The summed E-state index contributed by atoms with van der Waals surface area (Å²) in [5.41, 5.74) is -1.41. The topological polar surface area (TPSA) is 76.8 Å². The maximum absolute atomic E-state index is 14.5. The van der Waals surface area contributed by atoms with Gasteiger partial charge >= 0.3 is 6.09 Å². The number of rotatable bonds is 1. The molecule has 4 saturated carbocycles. The van der Waals surface area contributed by atoms with E-state index in [1.54, 1.807) is 0 Å². The van der Waals surface area contributed by atoms with Gasteiger partial charge in [0.1, 0.15) is 5.78 Å². The van der Waals surface area contributed by atoms with Crippen LogP contribution in [0, 0.1) is 57.3 Å². The summed E-state index contributed by atoms with van der Waals surface area (Å²) in [4.78, 5) is 44.0. The molecule has 0 spiro atoms. The van der Waals surface area contributed by atoms with Gasteiger partial charge in [0.25, 0.3) is 0 Å². The SMILES string of the molecule is [C-]#[N+]C1=C[C@]2(C)[C@H]3CC(=O)[C@@H]4[C@@H]5CC(C)(C)CC[C@]5(NC(=O)OC)CC[C@@]4(C)[C@]3(C)CC[C@H]2C(C)(C)C1=O. The molecule has 5 aliphatic carbocycles. The highest BCUT2D eigenvalue weighted by Gasteiger charge is 2.72. The average Bonchev–Trinajstić information content (AvgIpc) is 2.83. The van der Waals surface area contributed by atoms with Crippen molar-refractivity contribution in [2.45, 2.75) is 105 Å². The fraction of sp³-hybridized carbons (Fsp3) is 0.812. The van der Waals surface area contributed by atoms with Crippen LogP contribution in [0.3, 0.4) is 0 Å². The number of ether oxygens (including phenoxy) is 1. The maximum Gasteiger partial charge on any atom is 0.407 e. The quantitative estimate of drug-likeness (QED) is 0.387. The summed E-state index contributed by atoms with van der Waals surface area (Å²) in [5, 5.41) is 3.27. The molecule has 0 aliphatic heterocycles. The molecule has 4 fully saturated rings. The standard InChI is InChI=1S/C32H46N2O4/c1-27(2)12-14-32(34-26(37)38-9)15-13-31(7)24(19(32)17-27)21(35)16-23-29(5)18-20(33-8)25(36)28(3,4)22(29)10-11-30(23,31)6/h18-19,22-24H,10-17H2,1-7,9H3,(H,34,37)/t19-,22-,23+,24-,29-,30+,31+,32-/m0/s1. The number of carbonyl (C=O) groups excluding carboxylic acids is 3. The lowest BCUT2D eigenvalue weighted by molar-refractivity contribution is -0.214. The highest BCUT2D eigenvalue weighted by Crippen LogP contribution is 2.74. The monoisotopic (exact) mass is 522 g/mol. The van der Waals surface area contributed by atoms with Crippen molar-refractivity contribution in [3.63, 3.8) is 0 Å². The molecule has 0 aromatic heterocycles. The number of fused-ring (bicyclic) bond motifs is 7. The zero-order chi connectivity index (χ0) is 28.1. The van der Waals surface area contributed by atoms with Crippen LogP contribution < -0.4 is 5.32 Å². The van der Waals surface area contributed by atoms with Gasteiger partial charge in [-0.1, -0.05) is 54.5 Å². The number of methoxy groups -OCH3 is 1. The van der Waals surface area contributed by atoms with Gasteiger partial charge in [0.05, 0.1) is 13.7 Å². The molecule has 0 radical (unpaired) electrons. The van der Waals surface area contributed by atoms with E-state index >= 15 is 0 Å². The molecule has 0 unspecified atom stereocenters. The van der Waals surface area contributed by atoms with Crippen LogP contribution in [0.5, 0.6) is 0 Å². The number of nitrogens with one attached hydrogen (secondary N) is 1. The fourth-order valence-corrected chi connectivity index (χ4v) is 10.7. The third-order valence-electron chi connectivity index (χ3n) is 13.0. The summed E-state index contributed by atoms with van der Waals surface area (Å²) in [6.07, 6.45) is 8.45. The normalized spacial score (nSPS) is 46.8. The second-order valence-electron chi connectivity index (χ2n) is 15.4. The minimum Gasteiger partial charge on any atom is -0.453 e. The van der Waals surface area contributed by atoms with E-state index in [0.29, 0.717) is 12.2 Å². The molecule has 8 atom stereocenters. The lowest BCUT2D eigenvalue weighted by Gasteiger charge is -2.72. The van der Waals surface area contributed by atoms with E-state index in [4.69, 9.17) is 11.3 Å². The first-order chi connectivity index (χ1) is 17.5. The average molecular weight is 523 g/mol. The number of carbonyl (C=O) groups is 3. The Balaban J connectivity index is 1.62. The largest absolute Gasteiger partial charge is 0.453 e. The van der Waals surface area contributed by atoms with Gasteiger partial charge in [-0.15, -0.1) is 0 Å². The van der Waals surface area contributed by atoms with Gasteiger partial charge in [-0.25, -0.2) is 9.64 Å². The Hall–Kier alpha value is -2.16. The minimum absolute atomic E-state index is 0.0504. The first kappa shape index (κ1) is 27.4. The summed E-state index contributed by atoms with van der Waals surface area (Å²) in [6.45, 7) is 23.3. The summed E-state index contributed by atoms with van der Waals surface area (Å²) in [6, 6.07) is 0. The molecular weight excluding hydrogens is 476 g/mol. The summed E-state index contributed by atoms with van der Waals surface area (Å²) in [5.74, 6) is 0.379. The molecule has 0 bridgehead atoms. The molecule has 208 valence electrons. The predicted octanol–water partition coefficient (Wildman–Crippen LogP) is 6.75. The van der Waals surface area contributed by atoms with Crippen LogP contribution in [0.25, 0.3) is 4.85 Å². The Labute approximate surface area is 228 Å². The van der Waals surface area contributed by atoms with Gasteiger partial charge in [-0.2, -0.15) is 0 Å². The van der Waals surface area contributed by atoms with Crippen LogP contribution in [0.4, 0.5) is 4.79 Å². The van der Waals surface area contributed by atoms with Crippen LogP contribution in [-0.2, 0) is 14.3 Å². The number of alkyl carbamates (subject to hydrolysis) is 1. The third kappa shape index (κ3) is 3.38. The van der Waals surface area contributed by atoms with Crippen LogP contribution in [0.1, 0.15) is 99.8 Å². The van der Waals surface area contributed by atoms with Crippen molar-refractivity contribution in [2.24, 2.45) is 50.7 Å². The van der Waals surface area contributed by atoms with E-state index < -0.39 is 22.5 Å². The molecule has 1 amide bonds. The number of ketones is 2. The molecule has 6 nitrogen and oxygen atoms in total. The van der Waals surface area contributed by atoms with Gasteiger partial charge in [-0.05, 0) is 84.4 Å². The predicted molar refractivity (Wildman–Crippen MR) is 146 cm³/mol. The van der Waals surface area contributed by atoms with Gasteiger partial charge in [0.15, 0.2) is 5.78 Å². The summed E-state index contributed by atoms with van der Waals surface area (Å²) in [7, 11) is 1.42. The smallest absolute Gasteiger partial charge is 0.407 e. The highest BCUT2D eigenvalue weighted by molar-refractivity contribution is 6.02. The number of Topliss-reactive ketones (excluding diaryl/α,β-unsaturated/α-hetero) is 2. The van der Waals surface area contributed by atoms with Gasteiger partial charge in [0, 0.05) is 23.3 Å². The van der Waals surface area contributed by atoms with Gasteiger partial charge < -0.3 is 14.8 Å². The van der Waals surface area contributed by atoms with Gasteiger partial charge in [0.2, 0.25) is 5.70 Å². The van der Waals surface area contributed by atoms with E-state index in [0.717, 1.165) is 44.9 Å². The maximum atomic E-state index is 14.5. The minimum atomic E-state index is -0.620. The number of amides is 1. The van der Waals surface area contributed by atoms with E-state index in [-0.39, 0.29) is 51.4 Å². The van der Waals surface area contributed by atoms with Gasteiger partial charge in [-0.3, -0.25) is 4.79 Å². The van der Waals surface area contributed by atoms with E-state index in [9.17, 15) is 14.4 Å². The number of nitrogens with zero attached hydrogens (tertiary/aromatic N) is 1. The Bertz CT molecular complexity index is 1160. The molecule has 5 aliphatic rings. The highest BCUT2D eigenvalue weighted by atomic mass is 16.5. The van der Waals surface area contributed by atoms with Crippen LogP contribution >= 0.6 is 0 Å². The van der Waals surface area contributed by atoms with E-state index in [2.05, 4.69) is 44.8 Å². The molecular formula is C32H46N2O4. The van der Waals surface area contributed by atoms with E-state index in [1.165, 1.54) is 7.11 Å². The lowest BCUT2D eigenvalue weighted by Crippen LogP contribution is -2.72. The van der Waals surface area contributed by atoms with Crippen molar-refractivity contribution in [1.29, 1.82) is 0 Å². The van der Waals surface area contributed by atoms with E-state index in [1.807, 2.05) is 19.9 Å². The molecule has 0 aromatic rings. The zero-order valence-corrected chi connectivity index (χ0v) is 24.6. The zero-order valence-electron chi connectivity index (χ0n) is 24.6. The second-order valence-corrected chi connectivity index (χ2v) is 15.4. The molecule has 1 N–H and O–H groups in total. The fourth-order valence-electron chi connectivity index (χ4n) is 10.7. The second kappa shape index (κ2) is 8.18. The third-order valence-corrected chi connectivity index (χ3v) is 13.0. The Kier molecular flexibility index (Phi) is 5.90. The van der Waals surface area contributed by atoms with Crippen molar-refractivity contribution in [2.75, 3.05) is 7.11 Å². The Morgan fingerprint density at radius 3 is 2.26 bits per heavy atom. The molecule has 6 heteroatoms. The lowest BCUT2D eigenvalue weighted by atomic mass is 9.32. The van der Waals surface area contributed by atoms with Crippen LogP contribution in [0.2, 0.25) is 0 Å². The van der Waals surface area contributed by atoms with Crippen molar-refractivity contribution in [1.82, 2.24) is 5.32 Å². The number of allylic oxidation sites excluding steroid dienone is 2. The molecule has 0 saturated heterocycles. The number of hydrogen-bond donors (Lipinski definition) is 1. The first-order valence-corrected chi connectivity index (χ1v) is 14.6. The van der Waals surface area contributed by atoms with Crippen molar-refractivity contribution >= 4 is 17.7 Å². The summed E-state index contributed by atoms with van der Waals surface area (Å²) < 4.78 is 5.07. The molecule has 0 heterocycles. The van der Waals surface area contributed by atoms with Crippen molar-refractivity contribution < 1.29 is 19.1 Å². The van der Waals surface area contributed by atoms with Crippen LogP contribution in [-0.4, -0.2) is 30.3 Å². The molecule has 0 aromatic carbocycles. The van der Waals surface area contributed by atoms with Crippen molar-refractivity contribution in [3.8, 4) is 0 Å². The van der Waals surface area contributed by atoms with Crippen molar-refractivity contribution in [3.05, 3.63) is 23.2 Å².